The fourth-order valence-corrected chi connectivity index (χ4v) is 5.70. The molecule has 0 bridgehead atoms. The summed E-state index contributed by atoms with van der Waals surface area (Å²) in [5.41, 5.74) is 1.20. The van der Waals surface area contributed by atoms with Gasteiger partial charge in [0.05, 0.1) is 30.4 Å². The second kappa shape index (κ2) is 13.4. The third-order valence-corrected chi connectivity index (χ3v) is 8.30. The number of hydrogen-bond acceptors (Lipinski definition) is 7. The molecule has 3 atom stereocenters. The first kappa shape index (κ1) is 30.3. The normalized spacial score (nSPS) is 20.7. The van der Waals surface area contributed by atoms with Crippen molar-refractivity contribution < 1.29 is 33.7 Å². The molecule has 2 aromatic carbocycles. The highest BCUT2D eigenvalue weighted by molar-refractivity contribution is 6.01. The van der Waals surface area contributed by atoms with Crippen LogP contribution in [0.25, 0.3) is 0 Å². The molecule has 5 amide bonds. The number of rotatable bonds is 7. The zero-order valence-corrected chi connectivity index (χ0v) is 24.9. The summed E-state index contributed by atoms with van der Waals surface area (Å²) in [5.74, 6) is 0.893. The Labute approximate surface area is 251 Å². The van der Waals surface area contributed by atoms with E-state index in [1.54, 1.807) is 55.3 Å². The molecule has 2 aromatic rings. The lowest BCUT2D eigenvalue weighted by atomic mass is 9.96. The molecule has 0 radical (unpaired) electrons. The number of nitrogens with one attached hydrogen (secondary N) is 3. The second-order valence-corrected chi connectivity index (χ2v) is 11.6. The summed E-state index contributed by atoms with van der Waals surface area (Å²) < 4.78 is 17.3. The number of carbonyl (C=O) groups excluding carboxylic acids is 3. The smallest absolute Gasteiger partial charge is 0.321 e. The van der Waals surface area contributed by atoms with E-state index in [-0.39, 0.29) is 61.2 Å². The van der Waals surface area contributed by atoms with E-state index in [9.17, 15) is 19.5 Å². The number of amides is 5. The molecule has 0 unspecified atom stereocenters. The van der Waals surface area contributed by atoms with E-state index in [4.69, 9.17) is 14.2 Å². The van der Waals surface area contributed by atoms with Gasteiger partial charge in [-0.3, -0.25) is 4.79 Å². The van der Waals surface area contributed by atoms with Crippen LogP contribution in [0.4, 0.5) is 21.0 Å². The van der Waals surface area contributed by atoms with Gasteiger partial charge in [-0.1, -0.05) is 32.3 Å². The largest absolute Gasteiger partial charge is 0.485 e. The highest BCUT2D eigenvalue weighted by Gasteiger charge is 2.35. The van der Waals surface area contributed by atoms with Gasteiger partial charge in [0.25, 0.3) is 5.91 Å². The second-order valence-electron chi connectivity index (χ2n) is 11.6. The lowest BCUT2D eigenvalue weighted by Gasteiger charge is -2.38. The Kier molecular flexibility index (Phi) is 9.44. The van der Waals surface area contributed by atoms with Crippen molar-refractivity contribution in [3.8, 4) is 17.2 Å². The number of ether oxygens (including phenoxy) is 3. The van der Waals surface area contributed by atoms with E-state index in [1.807, 2.05) is 6.92 Å². The summed E-state index contributed by atoms with van der Waals surface area (Å²) in [6.07, 6.45) is 4.66. The molecule has 2 heterocycles. The minimum atomic E-state index is -0.544. The molecule has 1 fully saturated rings. The predicted molar refractivity (Wildman–Crippen MR) is 161 cm³/mol. The third kappa shape index (κ3) is 7.07. The van der Waals surface area contributed by atoms with Crippen LogP contribution in [0.1, 0.15) is 56.3 Å². The number of likely N-dealkylation sites (N-methyl/N-ethyl adjacent to an activating group) is 1. The van der Waals surface area contributed by atoms with Crippen LogP contribution in [0.2, 0.25) is 0 Å². The van der Waals surface area contributed by atoms with Crippen LogP contribution in [0.3, 0.4) is 0 Å². The number of aliphatic hydroxyl groups is 1. The van der Waals surface area contributed by atoms with Crippen LogP contribution in [-0.4, -0.2) is 84.6 Å². The fraction of sp³-hybridized carbons (Fsp3) is 0.516. The number of urea groups is 2. The van der Waals surface area contributed by atoms with E-state index in [1.165, 1.54) is 11.3 Å². The minimum absolute atomic E-state index is 0.104. The molecule has 43 heavy (non-hydrogen) atoms. The number of nitrogens with zero attached hydrogens (tertiary/aromatic N) is 2. The summed E-state index contributed by atoms with van der Waals surface area (Å²) in [6.45, 7) is 4.15. The van der Waals surface area contributed by atoms with Crippen molar-refractivity contribution in [3.05, 3.63) is 42.0 Å². The first-order valence-corrected chi connectivity index (χ1v) is 14.9. The maximum atomic E-state index is 13.7. The lowest BCUT2D eigenvalue weighted by molar-refractivity contribution is 0.0373. The summed E-state index contributed by atoms with van der Waals surface area (Å²) in [5, 5.41) is 18.8. The SMILES string of the molecule is C[C@@H]1CN([C@H](C)CO)C(=O)c2cccc(NC(=O)NC3CCCCC3)c2O[C@@H]1CN(C)C(=O)Nc1ccc2c(c1)OCO2. The van der Waals surface area contributed by atoms with Crippen LogP contribution in [0.5, 0.6) is 17.2 Å². The summed E-state index contributed by atoms with van der Waals surface area (Å²) in [6, 6.07) is 9.18. The van der Waals surface area contributed by atoms with Crippen LogP contribution < -0.4 is 30.2 Å². The number of fused-ring (bicyclic) bond motifs is 2. The van der Waals surface area contributed by atoms with E-state index in [0.717, 1.165) is 25.7 Å². The number of aliphatic hydroxyl groups excluding tert-OH is 1. The van der Waals surface area contributed by atoms with E-state index in [0.29, 0.717) is 29.4 Å². The summed E-state index contributed by atoms with van der Waals surface area (Å²) >= 11 is 0. The van der Waals surface area contributed by atoms with Crippen LogP contribution in [-0.2, 0) is 0 Å². The van der Waals surface area contributed by atoms with Crippen molar-refractivity contribution in [1.29, 1.82) is 0 Å². The molecule has 2 aliphatic heterocycles. The number of benzene rings is 2. The Morgan fingerprint density at radius 3 is 2.63 bits per heavy atom. The van der Waals surface area contributed by atoms with Crippen molar-refractivity contribution in [1.82, 2.24) is 15.1 Å². The number of hydrogen-bond donors (Lipinski definition) is 4. The Morgan fingerprint density at radius 2 is 1.86 bits per heavy atom. The van der Waals surface area contributed by atoms with E-state index < -0.39 is 12.1 Å². The number of anilines is 2. The van der Waals surface area contributed by atoms with Gasteiger partial charge in [-0.15, -0.1) is 0 Å². The van der Waals surface area contributed by atoms with Crippen molar-refractivity contribution in [2.45, 2.75) is 64.1 Å². The van der Waals surface area contributed by atoms with Gasteiger partial charge in [0.15, 0.2) is 17.2 Å². The molecule has 5 rings (SSSR count). The molecule has 4 N–H and O–H groups in total. The van der Waals surface area contributed by atoms with Gasteiger partial charge < -0.3 is 45.1 Å². The molecule has 12 nitrogen and oxygen atoms in total. The molecule has 3 aliphatic rings. The van der Waals surface area contributed by atoms with E-state index in [2.05, 4.69) is 16.0 Å². The summed E-state index contributed by atoms with van der Waals surface area (Å²) in [4.78, 5) is 43.0. The molecule has 0 aromatic heterocycles. The first-order valence-electron chi connectivity index (χ1n) is 14.9. The molecular formula is C31H41N5O7. The average molecular weight is 596 g/mol. The van der Waals surface area contributed by atoms with Crippen LogP contribution in [0.15, 0.2) is 36.4 Å². The molecule has 1 saturated carbocycles. The minimum Gasteiger partial charge on any atom is -0.485 e. The number of para-hydroxylation sites is 1. The predicted octanol–water partition coefficient (Wildman–Crippen LogP) is 4.25. The van der Waals surface area contributed by atoms with Gasteiger partial charge in [0.1, 0.15) is 6.10 Å². The summed E-state index contributed by atoms with van der Waals surface area (Å²) in [7, 11) is 1.67. The zero-order valence-electron chi connectivity index (χ0n) is 24.9. The number of carbonyl (C=O) groups is 3. The quantitative estimate of drug-likeness (QED) is 0.375. The zero-order chi connectivity index (χ0) is 30.5. The Morgan fingerprint density at radius 1 is 1.09 bits per heavy atom. The fourth-order valence-electron chi connectivity index (χ4n) is 5.70. The monoisotopic (exact) mass is 595 g/mol. The Hall–Kier alpha value is -4.19. The first-order chi connectivity index (χ1) is 20.7. The lowest BCUT2D eigenvalue weighted by Crippen LogP contribution is -2.50. The molecule has 0 saturated heterocycles. The van der Waals surface area contributed by atoms with Crippen molar-refractivity contribution in [3.63, 3.8) is 0 Å². The molecular weight excluding hydrogens is 554 g/mol. The van der Waals surface area contributed by atoms with Crippen LogP contribution in [0, 0.1) is 5.92 Å². The Balaban J connectivity index is 1.36. The van der Waals surface area contributed by atoms with Gasteiger partial charge in [0, 0.05) is 37.3 Å². The highest BCUT2D eigenvalue weighted by atomic mass is 16.7. The van der Waals surface area contributed by atoms with Gasteiger partial charge >= 0.3 is 12.1 Å². The molecule has 12 heteroatoms. The topological polar surface area (TPSA) is 142 Å². The van der Waals surface area contributed by atoms with Gasteiger partial charge in [0.2, 0.25) is 6.79 Å². The van der Waals surface area contributed by atoms with E-state index >= 15 is 0 Å². The van der Waals surface area contributed by atoms with Gasteiger partial charge in [-0.05, 0) is 44.0 Å². The maximum absolute atomic E-state index is 13.7. The molecule has 0 spiro atoms. The maximum Gasteiger partial charge on any atom is 0.321 e. The Bertz CT molecular complexity index is 1330. The standard InChI is InChI=1S/C31H41N5O7/c1-19-15-36(20(2)17-37)29(38)23-10-7-11-24(34-30(39)32-21-8-5-4-6-9-21)28(23)43-27(19)16-35(3)31(40)33-22-12-13-25-26(14-22)42-18-41-25/h7,10-14,19-21,27,37H,4-6,8-9,15-18H2,1-3H3,(H,33,40)(H2,32,34,39)/t19-,20-,27-/m1/s1. The van der Waals surface area contributed by atoms with Crippen LogP contribution >= 0.6 is 0 Å². The third-order valence-electron chi connectivity index (χ3n) is 8.30. The average Bonchev–Trinajstić information content (AvgIpc) is 3.47. The molecule has 232 valence electrons. The highest BCUT2D eigenvalue weighted by Crippen LogP contribution is 2.36. The molecule has 1 aliphatic carbocycles. The van der Waals surface area contributed by atoms with Gasteiger partial charge in [-0.2, -0.15) is 0 Å². The van der Waals surface area contributed by atoms with Crippen molar-refractivity contribution in [2.24, 2.45) is 5.92 Å². The van der Waals surface area contributed by atoms with Gasteiger partial charge in [-0.25, -0.2) is 9.59 Å². The van der Waals surface area contributed by atoms with Crippen molar-refractivity contribution in [2.75, 3.05) is 44.2 Å². The van der Waals surface area contributed by atoms with Crippen molar-refractivity contribution >= 4 is 29.3 Å².